The maximum absolute atomic E-state index is 8.59. The second kappa shape index (κ2) is 4.12. The van der Waals surface area contributed by atoms with Gasteiger partial charge in [0.05, 0.1) is 6.61 Å². The highest BCUT2D eigenvalue weighted by Gasteiger charge is 1.94. The molecule has 2 heteroatoms. The molecule has 0 aliphatic heterocycles. The van der Waals surface area contributed by atoms with Gasteiger partial charge in [-0.25, -0.2) is 0 Å². The van der Waals surface area contributed by atoms with Crippen LogP contribution in [0.5, 0.6) is 0 Å². The molecule has 2 nitrogen and oxygen atoms in total. The van der Waals surface area contributed by atoms with Gasteiger partial charge in [-0.05, 0) is 37.1 Å². The molecule has 1 rings (SSSR count). The van der Waals surface area contributed by atoms with Gasteiger partial charge in [0.2, 0.25) is 0 Å². The van der Waals surface area contributed by atoms with Crippen LogP contribution in [0.1, 0.15) is 11.1 Å². The van der Waals surface area contributed by atoms with E-state index < -0.39 is 0 Å². The van der Waals surface area contributed by atoms with Crippen LogP contribution in [0.4, 0.5) is 5.69 Å². The Labute approximate surface area is 73.2 Å². The largest absolute Gasteiger partial charge is 0.395 e. The number of anilines is 1. The van der Waals surface area contributed by atoms with Gasteiger partial charge in [0.15, 0.2) is 0 Å². The lowest BCUT2D eigenvalue weighted by atomic mass is 10.1. The van der Waals surface area contributed by atoms with Crippen molar-refractivity contribution >= 4 is 5.69 Å². The molecule has 0 heterocycles. The van der Waals surface area contributed by atoms with E-state index in [9.17, 15) is 0 Å². The van der Waals surface area contributed by atoms with Crippen molar-refractivity contribution in [3.8, 4) is 0 Å². The molecule has 0 unspecified atom stereocenters. The van der Waals surface area contributed by atoms with E-state index in [1.54, 1.807) is 0 Å². The third-order valence-electron chi connectivity index (χ3n) is 1.95. The fourth-order valence-electron chi connectivity index (χ4n) is 1.05. The van der Waals surface area contributed by atoms with Crippen LogP contribution < -0.4 is 5.32 Å². The van der Waals surface area contributed by atoms with E-state index in [1.165, 1.54) is 11.1 Å². The van der Waals surface area contributed by atoms with E-state index in [4.69, 9.17) is 5.11 Å². The van der Waals surface area contributed by atoms with Crippen molar-refractivity contribution < 1.29 is 5.11 Å². The Bertz CT molecular complexity index is 258. The average molecular weight is 165 g/mol. The number of rotatable bonds is 3. The van der Waals surface area contributed by atoms with Crippen molar-refractivity contribution in [3.63, 3.8) is 0 Å². The number of nitrogens with one attached hydrogen (secondary N) is 1. The highest BCUT2D eigenvalue weighted by molar-refractivity contribution is 5.47. The molecule has 0 aliphatic carbocycles. The summed E-state index contributed by atoms with van der Waals surface area (Å²) in [6.07, 6.45) is 0. The minimum absolute atomic E-state index is 0.174. The lowest BCUT2D eigenvalue weighted by Gasteiger charge is -2.06. The standard InChI is InChI=1S/C10H15NO/c1-8-3-4-10(7-9(8)2)11-5-6-12/h3-4,7,11-12H,5-6H2,1-2H3. The molecular formula is C10H15NO. The van der Waals surface area contributed by atoms with Crippen LogP contribution in [0, 0.1) is 13.8 Å². The van der Waals surface area contributed by atoms with Gasteiger partial charge in [0.1, 0.15) is 0 Å². The van der Waals surface area contributed by atoms with Crippen LogP contribution in [0.15, 0.2) is 18.2 Å². The number of hydrogen-bond acceptors (Lipinski definition) is 2. The Morgan fingerprint density at radius 1 is 1.25 bits per heavy atom. The number of benzene rings is 1. The highest BCUT2D eigenvalue weighted by atomic mass is 16.3. The SMILES string of the molecule is Cc1ccc(NCCO)cc1C. The Kier molecular flexibility index (Phi) is 3.11. The second-order valence-electron chi connectivity index (χ2n) is 2.95. The number of hydrogen-bond donors (Lipinski definition) is 2. The topological polar surface area (TPSA) is 32.3 Å². The summed E-state index contributed by atoms with van der Waals surface area (Å²) in [5, 5.41) is 11.7. The van der Waals surface area contributed by atoms with Crippen LogP contribution in [0.3, 0.4) is 0 Å². The predicted octanol–water partition coefficient (Wildman–Crippen LogP) is 1.71. The molecule has 0 radical (unpaired) electrons. The van der Waals surface area contributed by atoms with Gasteiger partial charge in [0.25, 0.3) is 0 Å². The quantitative estimate of drug-likeness (QED) is 0.714. The van der Waals surface area contributed by atoms with Gasteiger partial charge in [-0.1, -0.05) is 6.07 Å². The Hall–Kier alpha value is -1.02. The molecule has 0 saturated carbocycles. The smallest absolute Gasteiger partial charge is 0.0604 e. The lowest BCUT2D eigenvalue weighted by molar-refractivity contribution is 0.311. The molecule has 1 aromatic rings. The maximum atomic E-state index is 8.59. The van der Waals surface area contributed by atoms with E-state index in [2.05, 4.69) is 31.3 Å². The first-order chi connectivity index (χ1) is 5.74. The summed E-state index contributed by atoms with van der Waals surface area (Å²) < 4.78 is 0. The Morgan fingerprint density at radius 3 is 2.58 bits per heavy atom. The molecule has 0 aliphatic rings. The van der Waals surface area contributed by atoms with Crippen molar-refractivity contribution in [2.45, 2.75) is 13.8 Å². The molecule has 0 bridgehead atoms. The first kappa shape index (κ1) is 9.07. The maximum Gasteiger partial charge on any atom is 0.0604 e. The minimum atomic E-state index is 0.174. The summed E-state index contributed by atoms with van der Waals surface area (Å²) in [5.74, 6) is 0. The van der Waals surface area contributed by atoms with Crippen molar-refractivity contribution in [2.75, 3.05) is 18.5 Å². The number of aliphatic hydroxyl groups is 1. The third kappa shape index (κ3) is 2.24. The lowest BCUT2D eigenvalue weighted by Crippen LogP contribution is -2.05. The number of aryl methyl sites for hydroxylation is 2. The number of aliphatic hydroxyl groups excluding tert-OH is 1. The van der Waals surface area contributed by atoms with E-state index in [1.807, 2.05) is 6.07 Å². The molecule has 2 N–H and O–H groups in total. The first-order valence-electron chi connectivity index (χ1n) is 4.16. The fourth-order valence-corrected chi connectivity index (χ4v) is 1.05. The molecule has 0 fully saturated rings. The van der Waals surface area contributed by atoms with Crippen molar-refractivity contribution in [1.29, 1.82) is 0 Å². The minimum Gasteiger partial charge on any atom is -0.395 e. The van der Waals surface area contributed by atoms with Crippen LogP contribution in [-0.2, 0) is 0 Å². The van der Waals surface area contributed by atoms with Gasteiger partial charge < -0.3 is 10.4 Å². The summed E-state index contributed by atoms with van der Waals surface area (Å²) in [6.45, 7) is 4.96. The predicted molar refractivity (Wildman–Crippen MR) is 51.5 cm³/mol. The summed E-state index contributed by atoms with van der Waals surface area (Å²) in [5.41, 5.74) is 3.65. The molecule has 0 spiro atoms. The fraction of sp³-hybridized carbons (Fsp3) is 0.400. The third-order valence-corrected chi connectivity index (χ3v) is 1.95. The molecular weight excluding hydrogens is 150 g/mol. The summed E-state index contributed by atoms with van der Waals surface area (Å²) in [7, 11) is 0. The Balaban J connectivity index is 2.69. The molecule has 0 amide bonds. The van der Waals surface area contributed by atoms with Gasteiger partial charge in [-0.3, -0.25) is 0 Å². The van der Waals surface area contributed by atoms with Crippen LogP contribution in [-0.4, -0.2) is 18.3 Å². The zero-order valence-corrected chi connectivity index (χ0v) is 7.59. The monoisotopic (exact) mass is 165 g/mol. The summed E-state index contributed by atoms with van der Waals surface area (Å²) in [6, 6.07) is 6.19. The van der Waals surface area contributed by atoms with E-state index in [0.29, 0.717) is 6.54 Å². The molecule has 66 valence electrons. The highest BCUT2D eigenvalue weighted by Crippen LogP contribution is 2.13. The Morgan fingerprint density at radius 2 is 2.00 bits per heavy atom. The summed E-state index contributed by atoms with van der Waals surface area (Å²) >= 11 is 0. The molecule has 1 aromatic carbocycles. The van der Waals surface area contributed by atoms with Crippen molar-refractivity contribution in [3.05, 3.63) is 29.3 Å². The zero-order chi connectivity index (χ0) is 8.97. The van der Waals surface area contributed by atoms with Crippen LogP contribution >= 0.6 is 0 Å². The van der Waals surface area contributed by atoms with E-state index in [-0.39, 0.29) is 6.61 Å². The van der Waals surface area contributed by atoms with Crippen LogP contribution in [0.25, 0.3) is 0 Å². The second-order valence-corrected chi connectivity index (χ2v) is 2.95. The van der Waals surface area contributed by atoms with Crippen molar-refractivity contribution in [1.82, 2.24) is 0 Å². The van der Waals surface area contributed by atoms with Crippen molar-refractivity contribution in [2.24, 2.45) is 0 Å². The van der Waals surface area contributed by atoms with Gasteiger partial charge in [0, 0.05) is 12.2 Å². The molecule has 0 saturated heterocycles. The molecule has 12 heavy (non-hydrogen) atoms. The van der Waals surface area contributed by atoms with Gasteiger partial charge in [-0.15, -0.1) is 0 Å². The van der Waals surface area contributed by atoms with Crippen LogP contribution in [0.2, 0.25) is 0 Å². The molecule has 0 atom stereocenters. The molecule has 0 aromatic heterocycles. The zero-order valence-electron chi connectivity index (χ0n) is 7.59. The van der Waals surface area contributed by atoms with Gasteiger partial charge >= 0.3 is 0 Å². The normalized spacial score (nSPS) is 9.92. The van der Waals surface area contributed by atoms with E-state index in [0.717, 1.165) is 5.69 Å². The average Bonchev–Trinajstić information content (AvgIpc) is 2.07. The summed E-state index contributed by atoms with van der Waals surface area (Å²) in [4.78, 5) is 0. The van der Waals surface area contributed by atoms with E-state index >= 15 is 0 Å². The van der Waals surface area contributed by atoms with Gasteiger partial charge in [-0.2, -0.15) is 0 Å². The first-order valence-corrected chi connectivity index (χ1v) is 4.16.